The average Bonchev–Trinajstić information content (AvgIpc) is 3.05. The van der Waals surface area contributed by atoms with Gasteiger partial charge < -0.3 is 19.3 Å². The van der Waals surface area contributed by atoms with Gasteiger partial charge in [0.05, 0.1) is 6.61 Å². The molecule has 0 saturated heterocycles. The lowest BCUT2D eigenvalue weighted by molar-refractivity contribution is -0.161. The van der Waals surface area contributed by atoms with Crippen LogP contribution in [0.1, 0.15) is 181 Å². The topological polar surface area (TPSA) is 119 Å². The molecule has 0 aliphatic carbocycles. The van der Waals surface area contributed by atoms with Crippen LogP contribution in [-0.4, -0.2) is 41.0 Å². The van der Waals surface area contributed by atoms with Gasteiger partial charge in [0.15, 0.2) is 6.10 Å². The lowest BCUT2D eigenvalue weighted by Gasteiger charge is -2.18. The maximum absolute atomic E-state index is 12.3. The summed E-state index contributed by atoms with van der Waals surface area (Å²) in [6.45, 7) is 3.63. The predicted molar refractivity (Wildman–Crippen MR) is 198 cm³/mol. The Morgan fingerprint density at radius 3 is 1.44 bits per heavy atom. The Hall–Kier alpha value is -1.73. The molecule has 0 unspecified atom stereocenters. The Kier molecular flexibility index (Phi) is 33.8. The highest BCUT2D eigenvalue weighted by Gasteiger charge is 2.22. The van der Waals surface area contributed by atoms with E-state index in [1.807, 2.05) is 0 Å². The standard InChI is InChI=1S/C39H71O8P/c1-3-5-7-9-11-13-15-17-18-19-20-22-23-25-27-29-31-33-38(40)45-35-37(36-46-48(42,43)44)47-39(41)34-32-30-28-26-24-21-16-14-12-10-8-6-4-2/h11,13,17-18,20,22,37H,3-10,12,14-16,19,21,23-36H2,1-2H3,(H2,42,43,44)/b13-11+,18-17+,22-20+/t37-/m1/s1. The first-order valence-electron chi connectivity index (χ1n) is 19.3. The van der Waals surface area contributed by atoms with E-state index in [4.69, 9.17) is 19.3 Å². The molecule has 48 heavy (non-hydrogen) atoms. The molecule has 0 bridgehead atoms. The molecule has 2 N–H and O–H groups in total. The summed E-state index contributed by atoms with van der Waals surface area (Å²) in [5, 5.41) is 0. The largest absolute Gasteiger partial charge is 0.469 e. The zero-order valence-electron chi connectivity index (χ0n) is 30.6. The summed E-state index contributed by atoms with van der Waals surface area (Å²) in [6, 6.07) is 0. The predicted octanol–water partition coefficient (Wildman–Crippen LogP) is 11.4. The molecule has 280 valence electrons. The number of rotatable bonds is 35. The van der Waals surface area contributed by atoms with Gasteiger partial charge in [0.2, 0.25) is 0 Å². The van der Waals surface area contributed by atoms with Crippen LogP contribution in [0.15, 0.2) is 36.5 Å². The minimum absolute atomic E-state index is 0.209. The fraction of sp³-hybridized carbons (Fsp3) is 0.795. The molecule has 0 aromatic rings. The van der Waals surface area contributed by atoms with Crippen molar-refractivity contribution in [2.45, 2.75) is 187 Å². The summed E-state index contributed by atoms with van der Waals surface area (Å²) >= 11 is 0. The van der Waals surface area contributed by atoms with Crippen molar-refractivity contribution in [2.24, 2.45) is 0 Å². The first-order valence-corrected chi connectivity index (χ1v) is 20.8. The van der Waals surface area contributed by atoms with Gasteiger partial charge in [0.1, 0.15) is 6.61 Å². The minimum Gasteiger partial charge on any atom is -0.462 e. The van der Waals surface area contributed by atoms with Crippen molar-refractivity contribution in [2.75, 3.05) is 13.2 Å². The number of allylic oxidation sites excluding steroid dienone is 6. The minimum atomic E-state index is -4.75. The number of phosphoric ester groups is 1. The molecule has 0 fully saturated rings. The summed E-state index contributed by atoms with van der Waals surface area (Å²) < 4.78 is 26.3. The Morgan fingerprint density at radius 2 is 0.938 bits per heavy atom. The summed E-state index contributed by atoms with van der Waals surface area (Å²) in [4.78, 5) is 42.7. The normalized spacial score (nSPS) is 12.8. The van der Waals surface area contributed by atoms with Crippen molar-refractivity contribution in [1.29, 1.82) is 0 Å². The van der Waals surface area contributed by atoms with E-state index < -0.39 is 32.5 Å². The summed E-state index contributed by atoms with van der Waals surface area (Å²) in [7, 11) is -4.75. The van der Waals surface area contributed by atoms with E-state index in [1.54, 1.807) is 0 Å². The Bertz CT molecular complexity index is 879. The molecule has 1 atom stereocenters. The quantitative estimate of drug-likeness (QED) is 0.0290. The van der Waals surface area contributed by atoms with Gasteiger partial charge in [-0.15, -0.1) is 0 Å². The highest BCUT2D eigenvalue weighted by molar-refractivity contribution is 7.46. The second kappa shape index (κ2) is 35.1. The number of phosphoric acid groups is 1. The molecule has 9 heteroatoms. The molecule has 0 aromatic carbocycles. The molecule has 0 saturated carbocycles. The zero-order valence-corrected chi connectivity index (χ0v) is 31.5. The fourth-order valence-electron chi connectivity index (χ4n) is 5.26. The van der Waals surface area contributed by atoms with Crippen molar-refractivity contribution in [3.63, 3.8) is 0 Å². The van der Waals surface area contributed by atoms with E-state index in [-0.39, 0.29) is 19.4 Å². The third kappa shape index (κ3) is 37.1. The molecule has 8 nitrogen and oxygen atoms in total. The van der Waals surface area contributed by atoms with E-state index in [9.17, 15) is 14.2 Å². The SMILES string of the molecule is CCCCC/C=C/C/C=C/C/C=C/CCCCCCC(=O)OC[C@H](COP(=O)(O)O)OC(=O)CCCCCCCCCCCCCCC. The Balaban J connectivity index is 3.99. The lowest BCUT2D eigenvalue weighted by Crippen LogP contribution is -2.29. The lowest BCUT2D eigenvalue weighted by atomic mass is 10.0. The number of carbonyl (C=O) groups excluding carboxylic acids is 2. The fourth-order valence-corrected chi connectivity index (χ4v) is 5.62. The second-order valence-electron chi connectivity index (χ2n) is 12.9. The van der Waals surface area contributed by atoms with Gasteiger partial charge in [-0.3, -0.25) is 14.1 Å². The third-order valence-electron chi connectivity index (χ3n) is 8.16. The maximum Gasteiger partial charge on any atom is 0.469 e. The first-order chi connectivity index (χ1) is 23.3. The van der Waals surface area contributed by atoms with Gasteiger partial charge in [0.25, 0.3) is 0 Å². The van der Waals surface area contributed by atoms with Crippen LogP contribution in [0.5, 0.6) is 0 Å². The zero-order chi connectivity index (χ0) is 35.4. The highest BCUT2D eigenvalue weighted by Crippen LogP contribution is 2.36. The molecular formula is C39H71O8P. The molecule has 0 aromatic heterocycles. The van der Waals surface area contributed by atoms with E-state index >= 15 is 0 Å². The molecule has 0 heterocycles. The van der Waals surface area contributed by atoms with Gasteiger partial charge in [-0.05, 0) is 51.4 Å². The Labute approximate surface area is 293 Å². The van der Waals surface area contributed by atoms with E-state index in [0.29, 0.717) is 12.8 Å². The van der Waals surface area contributed by atoms with Gasteiger partial charge in [-0.2, -0.15) is 0 Å². The van der Waals surface area contributed by atoms with Gasteiger partial charge >= 0.3 is 19.8 Å². The first kappa shape index (κ1) is 46.3. The molecular weight excluding hydrogens is 627 g/mol. The maximum atomic E-state index is 12.3. The molecule has 0 radical (unpaired) electrons. The number of hydrogen-bond donors (Lipinski definition) is 2. The van der Waals surface area contributed by atoms with Crippen molar-refractivity contribution < 1.29 is 37.9 Å². The van der Waals surface area contributed by atoms with E-state index in [2.05, 4.69) is 54.8 Å². The van der Waals surface area contributed by atoms with Crippen molar-refractivity contribution in [1.82, 2.24) is 0 Å². The van der Waals surface area contributed by atoms with Crippen LogP contribution in [0.25, 0.3) is 0 Å². The van der Waals surface area contributed by atoms with Crippen LogP contribution < -0.4 is 0 Å². The summed E-state index contributed by atoms with van der Waals surface area (Å²) in [5.74, 6) is -0.907. The van der Waals surface area contributed by atoms with Gasteiger partial charge in [-0.25, -0.2) is 4.57 Å². The van der Waals surface area contributed by atoms with Crippen molar-refractivity contribution in [3.8, 4) is 0 Å². The van der Waals surface area contributed by atoms with Crippen LogP contribution in [0.2, 0.25) is 0 Å². The summed E-state index contributed by atoms with van der Waals surface area (Å²) in [5.41, 5.74) is 0. The van der Waals surface area contributed by atoms with Crippen LogP contribution in [0.3, 0.4) is 0 Å². The number of carbonyl (C=O) groups is 2. The molecule has 0 spiro atoms. The smallest absolute Gasteiger partial charge is 0.462 e. The van der Waals surface area contributed by atoms with Crippen LogP contribution in [-0.2, 0) is 28.2 Å². The molecule has 0 aliphatic rings. The monoisotopic (exact) mass is 698 g/mol. The second-order valence-corrected chi connectivity index (χ2v) is 14.1. The average molecular weight is 699 g/mol. The molecule has 0 rings (SSSR count). The van der Waals surface area contributed by atoms with Crippen LogP contribution in [0, 0.1) is 0 Å². The van der Waals surface area contributed by atoms with E-state index in [1.165, 1.54) is 83.5 Å². The van der Waals surface area contributed by atoms with Gasteiger partial charge in [-0.1, -0.05) is 153 Å². The third-order valence-corrected chi connectivity index (χ3v) is 8.65. The molecule has 0 amide bonds. The van der Waals surface area contributed by atoms with E-state index in [0.717, 1.165) is 57.8 Å². The Morgan fingerprint density at radius 1 is 0.542 bits per heavy atom. The number of unbranched alkanes of at least 4 members (excludes halogenated alkanes) is 19. The number of ether oxygens (including phenoxy) is 2. The number of esters is 2. The summed E-state index contributed by atoms with van der Waals surface area (Å²) in [6.07, 6.45) is 40.0. The van der Waals surface area contributed by atoms with Gasteiger partial charge in [0, 0.05) is 12.8 Å². The van der Waals surface area contributed by atoms with Crippen LogP contribution >= 0.6 is 7.82 Å². The highest BCUT2D eigenvalue weighted by atomic mass is 31.2. The van der Waals surface area contributed by atoms with Crippen molar-refractivity contribution in [3.05, 3.63) is 36.5 Å². The molecule has 0 aliphatic heterocycles. The van der Waals surface area contributed by atoms with Crippen molar-refractivity contribution >= 4 is 19.8 Å². The van der Waals surface area contributed by atoms with Crippen LogP contribution in [0.4, 0.5) is 0 Å². The number of hydrogen-bond acceptors (Lipinski definition) is 6.